The van der Waals surface area contributed by atoms with Crippen LogP contribution in [0.1, 0.15) is 62.8 Å². The minimum absolute atomic E-state index is 0.0211. The van der Waals surface area contributed by atoms with E-state index in [1.54, 1.807) is 25.1 Å². The summed E-state index contributed by atoms with van der Waals surface area (Å²) in [6, 6.07) is 7.79. The van der Waals surface area contributed by atoms with Gasteiger partial charge in [0.05, 0.1) is 28.5 Å². The number of hydrogen-bond donors (Lipinski definition) is 3. The predicted molar refractivity (Wildman–Crippen MR) is 140 cm³/mol. The molecule has 1 saturated carbocycles. The van der Waals surface area contributed by atoms with E-state index in [0.29, 0.717) is 15.8 Å². The quantitative estimate of drug-likeness (QED) is 0.283. The Balaban J connectivity index is 1.53. The molecule has 41 heavy (non-hydrogen) atoms. The fraction of sp³-hybridized carbons (Fsp3) is 0.320. The lowest BCUT2D eigenvalue weighted by atomic mass is 9.92. The highest BCUT2D eigenvalue weighted by molar-refractivity contribution is 6.32. The summed E-state index contributed by atoms with van der Waals surface area (Å²) < 4.78 is 41.6. The highest BCUT2D eigenvalue weighted by Crippen LogP contribution is 2.29. The second kappa shape index (κ2) is 11.2. The normalized spacial score (nSPS) is 13.6. The molecule has 214 valence electrons. The van der Waals surface area contributed by atoms with Gasteiger partial charge >= 0.3 is 6.18 Å². The largest absolute Gasteiger partial charge is 0.453 e. The van der Waals surface area contributed by atoms with Crippen LogP contribution in [0.25, 0.3) is 5.82 Å². The van der Waals surface area contributed by atoms with Gasteiger partial charge < -0.3 is 16.4 Å². The second-order valence-electron chi connectivity index (χ2n) is 9.49. The summed E-state index contributed by atoms with van der Waals surface area (Å²) >= 11 is 6.32. The summed E-state index contributed by atoms with van der Waals surface area (Å²) in [6.45, 7) is 1.41. The first kappa shape index (κ1) is 28.2. The number of anilines is 1. The Morgan fingerprint density at radius 2 is 1.98 bits per heavy atom. The first-order chi connectivity index (χ1) is 19.5. The van der Waals surface area contributed by atoms with E-state index in [4.69, 9.17) is 17.3 Å². The minimum Gasteiger partial charge on any atom is -0.349 e. The molecule has 1 aromatic carbocycles. The van der Waals surface area contributed by atoms with Gasteiger partial charge in [-0.25, -0.2) is 14.3 Å². The van der Waals surface area contributed by atoms with Gasteiger partial charge in [0.25, 0.3) is 17.6 Å². The number of aryl methyl sites for hydroxylation is 1. The van der Waals surface area contributed by atoms with Gasteiger partial charge in [-0.2, -0.15) is 18.3 Å². The highest BCUT2D eigenvalue weighted by atomic mass is 35.5. The second-order valence-corrected chi connectivity index (χ2v) is 9.90. The van der Waals surface area contributed by atoms with Crippen LogP contribution in [0.15, 0.2) is 36.5 Å². The molecule has 1 fully saturated rings. The molecule has 0 aliphatic heterocycles. The van der Waals surface area contributed by atoms with Crippen LogP contribution in [0.3, 0.4) is 0 Å². The summed E-state index contributed by atoms with van der Waals surface area (Å²) in [4.78, 5) is 31.1. The third kappa shape index (κ3) is 5.90. The summed E-state index contributed by atoms with van der Waals surface area (Å²) in [6.07, 6.45) is -0.625. The van der Waals surface area contributed by atoms with Gasteiger partial charge in [0.2, 0.25) is 0 Å². The molecule has 0 unspecified atom stereocenters. The maximum absolute atomic E-state index is 13.7. The molecule has 12 nitrogen and oxygen atoms in total. The molecule has 0 saturated heterocycles. The van der Waals surface area contributed by atoms with Crippen molar-refractivity contribution < 1.29 is 22.8 Å². The number of carbonyl (C=O) groups is 2. The van der Waals surface area contributed by atoms with Crippen molar-refractivity contribution in [2.45, 2.75) is 51.5 Å². The first-order valence-corrected chi connectivity index (χ1v) is 12.9. The van der Waals surface area contributed by atoms with Crippen molar-refractivity contribution in [3.8, 4) is 5.82 Å². The van der Waals surface area contributed by atoms with Crippen LogP contribution < -0.4 is 16.4 Å². The number of benzene rings is 1. The summed E-state index contributed by atoms with van der Waals surface area (Å²) in [5, 5.41) is 19.7. The molecule has 4 N–H and O–H groups in total. The van der Waals surface area contributed by atoms with Crippen molar-refractivity contribution in [1.29, 1.82) is 0 Å². The van der Waals surface area contributed by atoms with E-state index in [2.05, 4.69) is 36.2 Å². The highest BCUT2D eigenvalue weighted by Gasteiger charge is 2.38. The molecular weight excluding hydrogens is 565 g/mol. The molecule has 0 atom stereocenters. The molecule has 5 rings (SSSR count). The standard InChI is InChI=1S/C25H24ClF3N10O2/c1-13-8-14(11-30)9-17(22(40)32-15-4-2-5-15)20(13)33-23(41)19-10-16(12-38-24(25(27,28)29)34-36-37-38)35-39(19)21-18(26)6-3-7-31-21/h3,6-10,15H,2,4-5,11-12,30H2,1H3,(H,32,40)(H,33,41). The zero-order valence-corrected chi connectivity index (χ0v) is 22.4. The van der Waals surface area contributed by atoms with Crippen LogP contribution >= 0.6 is 11.6 Å². The average Bonchev–Trinajstić information content (AvgIpc) is 3.55. The van der Waals surface area contributed by atoms with Gasteiger partial charge in [-0.05, 0) is 72.0 Å². The van der Waals surface area contributed by atoms with Crippen LogP contribution in [0.5, 0.6) is 0 Å². The molecule has 0 radical (unpaired) electrons. The summed E-state index contributed by atoms with van der Waals surface area (Å²) in [5.41, 5.74) is 7.52. The number of tetrazole rings is 1. The molecule has 1 aliphatic carbocycles. The van der Waals surface area contributed by atoms with Crippen molar-refractivity contribution in [2.24, 2.45) is 5.73 Å². The molecular formula is C25H24ClF3N10O2. The van der Waals surface area contributed by atoms with E-state index in [1.165, 1.54) is 18.3 Å². The molecule has 0 spiro atoms. The van der Waals surface area contributed by atoms with Crippen molar-refractivity contribution in [3.05, 3.63) is 75.5 Å². The Bertz CT molecular complexity index is 1610. The van der Waals surface area contributed by atoms with Gasteiger partial charge in [-0.15, -0.1) is 5.10 Å². The van der Waals surface area contributed by atoms with E-state index in [0.717, 1.165) is 23.9 Å². The van der Waals surface area contributed by atoms with E-state index >= 15 is 0 Å². The predicted octanol–water partition coefficient (Wildman–Crippen LogP) is 3.28. The molecule has 4 aromatic rings. The maximum atomic E-state index is 13.7. The Labute approximate surface area is 236 Å². The van der Waals surface area contributed by atoms with Gasteiger partial charge in [0, 0.05) is 18.8 Å². The van der Waals surface area contributed by atoms with E-state index < -0.39 is 24.5 Å². The van der Waals surface area contributed by atoms with Gasteiger partial charge in [-0.3, -0.25) is 9.59 Å². The number of hydrogen-bond acceptors (Lipinski definition) is 8. The topological polar surface area (TPSA) is 159 Å². The molecule has 2 amide bonds. The zero-order valence-electron chi connectivity index (χ0n) is 21.6. The van der Waals surface area contributed by atoms with E-state index in [9.17, 15) is 22.8 Å². The molecule has 0 bridgehead atoms. The van der Waals surface area contributed by atoms with Gasteiger partial charge in [0.1, 0.15) is 5.69 Å². The van der Waals surface area contributed by atoms with Crippen molar-refractivity contribution in [3.63, 3.8) is 0 Å². The number of pyridine rings is 1. The smallest absolute Gasteiger partial charge is 0.349 e. The Hall–Kier alpha value is -4.37. The fourth-order valence-electron chi connectivity index (χ4n) is 4.35. The third-order valence-electron chi connectivity index (χ3n) is 6.58. The Kier molecular flexibility index (Phi) is 7.73. The zero-order chi connectivity index (χ0) is 29.3. The Morgan fingerprint density at radius 3 is 2.63 bits per heavy atom. The Morgan fingerprint density at radius 1 is 1.20 bits per heavy atom. The lowest BCUT2D eigenvalue weighted by Crippen LogP contribution is -2.40. The van der Waals surface area contributed by atoms with Gasteiger partial charge in [-0.1, -0.05) is 17.7 Å². The number of carbonyl (C=O) groups excluding carboxylic acids is 2. The summed E-state index contributed by atoms with van der Waals surface area (Å²) in [5.74, 6) is -2.33. The number of nitrogens with zero attached hydrogens (tertiary/aromatic N) is 7. The number of alkyl halides is 3. The SMILES string of the molecule is Cc1cc(CN)cc(C(=O)NC2CCC2)c1NC(=O)c1cc(Cn2nnnc2C(F)(F)F)nn1-c1ncccc1Cl. The van der Waals surface area contributed by atoms with Crippen LogP contribution in [-0.4, -0.2) is 52.8 Å². The monoisotopic (exact) mass is 588 g/mol. The lowest BCUT2D eigenvalue weighted by molar-refractivity contribution is -0.147. The molecule has 3 heterocycles. The van der Waals surface area contributed by atoms with E-state index in [1.807, 2.05) is 0 Å². The maximum Gasteiger partial charge on any atom is 0.453 e. The number of halogens is 4. The van der Waals surface area contributed by atoms with Crippen LogP contribution in [0.4, 0.5) is 18.9 Å². The molecule has 1 aliphatic rings. The van der Waals surface area contributed by atoms with Crippen molar-refractivity contribution in [1.82, 2.24) is 40.3 Å². The number of nitrogens with one attached hydrogen (secondary N) is 2. The minimum atomic E-state index is -4.81. The molecule has 16 heteroatoms. The van der Waals surface area contributed by atoms with Crippen LogP contribution in [0, 0.1) is 6.92 Å². The van der Waals surface area contributed by atoms with Crippen LogP contribution in [-0.2, 0) is 19.3 Å². The molecule has 3 aromatic heterocycles. The van der Waals surface area contributed by atoms with Gasteiger partial charge in [0.15, 0.2) is 5.82 Å². The number of rotatable bonds is 8. The summed E-state index contributed by atoms with van der Waals surface area (Å²) in [7, 11) is 0. The van der Waals surface area contributed by atoms with Crippen molar-refractivity contribution >= 4 is 29.1 Å². The van der Waals surface area contributed by atoms with Crippen molar-refractivity contribution in [2.75, 3.05) is 5.32 Å². The van der Waals surface area contributed by atoms with Crippen LogP contribution in [0.2, 0.25) is 5.02 Å². The number of aromatic nitrogens is 7. The lowest BCUT2D eigenvalue weighted by Gasteiger charge is -2.27. The number of nitrogens with two attached hydrogens (primary N) is 1. The van der Waals surface area contributed by atoms with E-state index in [-0.39, 0.29) is 52.0 Å². The number of amides is 2. The third-order valence-corrected chi connectivity index (χ3v) is 6.88. The first-order valence-electron chi connectivity index (χ1n) is 12.5. The fourth-order valence-corrected chi connectivity index (χ4v) is 4.55. The average molecular weight is 589 g/mol.